The maximum atomic E-state index is 13.6. The first-order valence-electron chi connectivity index (χ1n) is 8.12. The van der Waals surface area contributed by atoms with Gasteiger partial charge in [-0.2, -0.15) is 13.2 Å². The summed E-state index contributed by atoms with van der Waals surface area (Å²) < 4.78 is 79.1. The number of carbonyl (C=O) groups is 1. The number of Topliss-reactive ketones (excluding diaryl/α,β-unsaturated/α-hetero) is 1. The van der Waals surface area contributed by atoms with E-state index in [1.165, 1.54) is 4.90 Å². The molecule has 0 fully saturated rings. The van der Waals surface area contributed by atoms with E-state index in [1.54, 1.807) is 0 Å². The Balaban J connectivity index is 1.62. The number of alkyl halides is 3. The molecule has 2 heterocycles. The number of ketones is 1. The second-order valence-corrected chi connectivity index (χ2v) is 6.34. The predicted octanol–water partition coefficient (Wildman–Crippen LogP) is 1.70. The summed E-state index contributed by atoms with van der Waals surface area (Å²) in [5.74, 6) is -5.65. The number of nitrogens with zero attached hydrogens (tertiary/aromatic N) is 4. The van der Waals surface area contributed by atoms with Gasteiger partial charge >= 0.3 is 6.18 Å². The molecule has 0 radical (unpaired) electrons. The Bertz CT molecular complexity index is 898. The molecular formula is C16H14F6N4O2. The van der Waals surface area contributed by atoms with Crippen molar-refractivity contribution in [2.45, 2.75) is 31.8 Å². The number of hydrogen-bond acceptors (Lipinski definition) is 5. The van der Waals surface area contributed by atoms with Crippen molar-refractivity contribution in [2.75, 3.05) is 13.1 Å². The lowest BCUT2D eigenvalue weighted by molar-refractivity contribution is -0.148. The van der Waals surface area contributed by atoms with Crippen LogP contribution in [0.5, 0.6) is 0 Å². The van der Waals surface area contributed by atoms with Crippen LogP contribution in [0.15, 0.2) is 12.1 Å². The maximum absolute atomic E-state index is 13.6. The molecule has 12 heteroatoms. The number of benzene rings is 1. The van der Waals surface area contributed by atoms with E-state index >= 15 is 0 Å². The van der Waals surface area contributed by atoms with Gasteiger partial charge in [0.2, 0.25) is 5.82 Å². The third kappa shape index (κ3) is 4.17. The van der Waals surface area contributed by atoms with Crippen LogP contribution in [0, 0.1) is 17.5 Å². The first-order valence-corrected chi connectivity index (χ1v) is 8.12. The summed E-state index contributed by atoms with van der Waals surface area (Å²) in [5.41, 5.74) is -0.368. The van der Waals surface area contributed by atoms with Gasteiger partial charge in [0, 0.05) is 25.6 Å². The van der Waals surface area contributed by atoms with Crippen LogP contribution in [0.2, 0.25) is 0 Å². The van der Waals surface area contributed by atoms with Crippen molar-refractivity contribution in [1.82, 2.24) is 19.7 Å². The van der Waals surface area contributed by atoms with Crippen molar-refractivity contribution in [2.24, 2.45) is 0 Å². The summed E-state index contributed by atoms with van der Waals surface area (Å²) in [4.78, 5) is 13.6. The van der Waals surface area contributed by atoms with Crippen LogP contribution in [-0.2, 0) is 30.5 Å². The monoisotopic (exact) mass is 408 g/mol. The number of aliphatic hydroxyl groups is 1. The highest BCUT2D eigenvalue weighted by molar-refractivity contribution is 5.85. The van der Waals surface area contributed by atoms with Crippen LogP contribution in [-0.4, -0.2) is 49.7 Å². The van der Waals surface area contributed by atoms with Gasteiger partial charge in [-0.1, -0.05) is 0 Å². The smallest absolute Gasteiger partial charge is 0.385 e. The quantitative estimate of drug-likeness (QED) is 0.603. The Morgan fingerprint density at radius 2 is 1.79 bits per heavy atom. The van der Waals surface area contributed by atoms with Gasteiger partial charge in [-0.25, -0.2) is 13.2 Å². The summed E-state index contributed by atoms with van der Waals surface area (Å²) in [6, 6.07) is 0.876. The molecule has 3 rings (SSSR count). The normalized spacial score (nSPS) is 16.1. The number of carbonyl (C=O) groups excluding carboxylic acids is 1. The van der Waals surface area contributed by atoms with Gasteiger partial charge in [0.25, 0.3) is 0 Å². The van der Waals surface area contributed by atoms with E-state index < -0.39 is 47.8 Å². The van der Waals surface area contributed by atoms with Gasteiger partial charge in [-0.05, 0) is 11.6 Å². The fourth-order valence-electron chi connectivity index (χ4n) is 2.92. The fourth-order valence-corrected chi connectivity index (χ4v) is 2.92. The fraction of sp³-hybridized carbons (Fsp3) is 0.438. The topological polar surface area (TPSA) is 71.2 Å². The average molecular weight is 408 g/mol. The summed E-state index contributed by atoms with van der Waals surface area (Å²) in [6.45, 7) is -0.452. The van der Waals surface area contributed by atoms with Crippen LogP contribution in [0.25, 0.3) is 0 Å². The minimum absolute atomic E-state index is 0.0208. The number of fused-ring (bicyclic) bond motifs is 1. The van der Waals surface area contributed by atoms with E-state index in [-0.39, 0.29) is 37.6 Å². The summed E-state index contributed by atoms with van der Waals surface area (Å²) in [5, 5.41) is 16.5. The molecule has 2 aromatic rings. The molecule has 1 aromatic heterocycles. The second-order valence-electron chi connectivity index (χ2n) is 6.34. The minimum atomic E-state index is -4.64. The summed E-state index contributed by atoms with van der Waals surface area (Å²) in [7, 11) is 0. The van der Waals surface area contributed by atoms with Crippen molar-refractivity contribution in [3.8, 4) is 0 Å². The average Bonchev–Trinajstić information content (AvgIpc) is 3.03. The van der Waals surface area contributed by atoms with Gasteiger partial charge in [0.05, 0.1) is 13.1 Å². The van der Waals surface area contributed by atoms with Crippen molar-refractivity contribution in [1.29, 1.82) is 0 Å². The maximum Gasteiger partial charge on any atom is 0.451 e. The number of aliphatic hydroxyl groups excluding tert-OH is 1. The molecule has 1 aliphatic rings. The Morgan fingerprint density at radius 1 is 1.11 bits per heavy atom. The lowest BCUT2D eigenvalue weighted by atomic mass is 10.0. The van der Waals surface area contributed by atoms with E-state index in [4.69, 9.17) is 0 Å². The van der Waals surface area contributed by atoms with Crippen LogP contribution >= 0.6 is 0 Å². The van der Waals surface area contributed by atoms with E-state index in [2.05, 4.69) is 10.2 Å². The molecule has 1 aliphatic heterocycles. The lowest BCUT2D eigenvalue weighted by Crippen LogP contribution is -2.41. The zero-order valence-electron chi connectivity index (χ0n) is 14.2. The molecule has 0 bridgehead atoms. The number of aromatic nitrogens is 3. The van der Waals surface area contributed by atoms with Crippen LogP contribution in [0.3, 0.4) is 0 Å². The molecule has 28 heavy (non-hydrogen) atoms. The second kappa shape index (κ2) is 7.51. The van der Waals surface area contributed by atoms with E-state index in [0.717, 1.165) is 4.57 Å². The van der Waals surface area contributed by atoms with E-state index in [0.29, 0.717) is 12.1 Å². The molecule has 1 N–H and O–H groups in total. The van der Waals surface area contributed by atoms with Crippen LogP contribution in [0.1, 0.15) is 17.2 Å². The highest BCUT2D eigenvalue weighted by Crippen LogP contribution is 2.29. The molecule has 6 nitrogen and oxygen atoms in total. The highest BCUT2D eigenvalue weighted by Gasteiger charge is 2.39. The third-order valence-corrected chi connectivity index (χ3v) is 4.34. The molecular weight excluding hydrogens is 394 g/mol. The largest absolute Gasteiger partial charge is 0.451 e. The van der Waals surface area contributed by atoms with Crippen molar-refractivity contribution in [3.05, 3.63) is 46.8 Å². The number of hydrogen-bond donors (Lipinski definition) is 1. The zero-order chi connectivity index (χ0) is 20.6. The molecule has 0 amide bonds. The highest BCUT2D eigenvalue weighted by atomic mass is 19.4. The van der Waals surface area contributed by atoms with E-state index in [9.17, 15) is 36.2 Å². The standard InChI is InChI=1S/C16H14F6N4O2/c17-9-5-11(19)10(18)3-8(9)4-12(27)13(28)6-25-1-2-26-14(7-25)23-24-15(26)16(20,21)22/h3,5,12,27H,1-2,4,6-7H2/t12-/m0/s1. The van der Waals surface area contributed by atoms with Crippen molar-refractivity contribution in [3.63, 3.8) is 0 Å². The molecule has 0 spiro atoms. The Morgan fingerprint density at radius 3 is 2.46 bits per heavy atom. The first-order chi connectivity index (χ1) is 13.1. The van der Waals surface area contributed by atoms with Gasteiger partial charge < -0.3 is 9.67 Å². The van der Waals surface area contributed by atoms with Gasteiger partial charge in [-0.3, -0.25) is 9.69 Å². The van der Waals surface area contributed by atoms with Crippen LogP contribution < -0.4 is 0 Å². The predicted molar refractivity (Wildman–Crippen MR) is 81.3 cm³/mol. The van der Waals surface area contributed by atoms with E-state index in [1.807, 2.05) is 0 Å². The molecule has 0 saturated heterocycles. The van der Waals surface area contributed by atoms with Crippen molar-refractivity contribution < 1.29 is 36.2 Å². The molecule has 0 unspecified atom stereocenters. The first kappa shape index (κ1) is 20.3. The molecule has 0 saturated carbocycles. The summed E-state index contributed by atoms with van der Waals surface area (Å²) >= 11 is 0. The molecule has 1 atom stereocenters. The molecule has 152 valence electrons. The van der Waals surface area contributed by atoms with Gasteiger partial charge in [0.1, 0.15) is 17.7 Å². The molecule has 1 aromatic carbocycles. The zero-order valence-corrected chi connectivity index (χ0v) is 14.2. The molecule has 0 aliphatic carbocycles. The van der Waals surface area contributed by atoms with Crippen molar-refractivity contribution >= 4 is 5.78 Å². The Labute approximate surface area is 154 Å². The number of rotatable bonds is 5. The summed E-state index contributed by atoms with van der Waals surface area (Å²) in [6.07, 6.45) is -6.90. The number of halogens is 6. The Hall–Kier alpha value is -2.47. The lowest BCUT2D eigenvalue weighted by Gasteiger charge is -2.27. The Kier molecular flexibility index (Phi) is 5.44. The minimum Gasteiger partial charge on any atom is -0.385 e. The third-order valence-electron chi connectivity index (χ3n) is 4.34. The SMILES string of the molecule is O=C(CN1CCn2c(nnc2C(F)(F)F)C1)[C@@H](O)Cc1cc(F)c(F)cc1F. The van der Waals surface area contributed by atoms with Gasteiger partial charge in [-0.15, -0.1) is 10.2 Å². The van der Waals surface area contributed by atoms with Gasteiger partial charge in [0.15, 0.2) is 17.4 Å². The van der Waals surface area contributed by atoms with Crippen LogP contribution in [0.4, 0.5) is 26.3 Å².